The van der Waals surface area contributed by atoms with Crippen LogP contribution in [0.5, 0.6) is 5.75 Å². The van der Waals surface area contributed by atoms with Crippen molar-refractivity contribution in [1.29, 1.82) is 10.5 Å². The van der Waals surface area contributed by atoms with Crippen LogP contribution in [0, 0.1) is 28.6 Å². The van der Waals surface area contributed by atoms with Gasteiger partial charge in [0.2, 0.25) is 0 Å². The molecule has 2 saturated heterocycles. The average Bonchev–Trinajstić information content (AvgIpc) is 3.14. The molecule has 2 aliphatic heterocycles. The second-order valence-corrected chi connectivity index (χ2v) is 7.31. The van der Waals surface area contributed by atoms with Crippen molar-refractivity contribution in [2.75, 3.05) is 37.7 Å². The van der Waals surface area contributed by atoms with Crippen LogP contribution in [0.25, 0.3) is 0 Å². The van der Waals surface area contributed by atoms with Gasteiger partial charge >= 0.3 is 0 Å². The highest BCUT2D eigenvalue weighted by atomic mass is 16.5. The predicted octanol–water partition coefficient (Wildman–Crippen LogP) is 3.02. The van der Waals surface area contributed by atoms with Crippen LogP contribution >= 0.6 is 0 Å². The monoisotopic (exact) mass is 358 g/mol. The standard InChI is InChI=1S/C22H22N4O/c23-12-17-4-6-20(7-5-17)26-9-8-25-14-19(10-21(25)15-26)16-27-22-3-1-2-18(11-22)13-24/h1-7,11,19,21H,8-10,14-16H2/t19-,21-/m0/s1. The summed E-state index contributed by atoms with van der Waals surface area (Å²) in [6.45, 7) is 4.86. The third-order valence-electron chi connectivity index (χ3n) is 5.51. The number of hydrogen-bond donors (Lipinski definition) is 0. The minimum absolute atomic E-state index is 0.515. The summed E-state index contributed by atoms with van der Waals surface area (Å²) >= 11 is 0. The molecule has 5 nitrogen and oxygen atoms in total. The highest BCUT2D eigenvalue weighted by Crippen LogP contribution is 2.29. The maximum Gasteiger partial charge on any atom is 0.120 e. The molecule has 0 aromatic heterocycles. The van der Waals surface area contributed by atoms with Crippen molar-refractivity contribution in [2.45, 2.75) is 12.5 Å². The van der Waals surface area contributed by atoms with Crippen molar-refractivity contribution >= 4 is 5.69 Å². The molecule has 136 valence electrons. The Hall–Kier alpha value is -3.02. The molecular formula is C22H22N4O. The summed E-state index contributed by atoms with van der Waals surface area (Å²) in [5.41, 5.74) is 2.53. The van der Waals surface area contributed by atoms with Gasteiger partial charge in [-0.05, 0) is 48.9 Å². The first-order valence-electron chi connectivity index (χ1n) is 9.37. The molecular weight excluding hydrogens is 336 g/mol. The number of benzene rings is 2. The number of nitriles is 2. The predicted molar refractivity (Wildman–Crippen MR) is 103 cm³/mol. The van der Waals surface area contributed by atoms with E-state index in [0.29, 0.717) is 29.7 Å². The highest BCUT2D eigenvalue weighted by molar-refractivity contribution is 5.50. The lowest BCUT2D eigenvalue weighted by atomic mass is 10.1. The van der Waals surface area contributed by atoms with Gasteiger partial charge in [0.1, 0.15) is 5.75 Å². The molecule has 0 aliphatic carbocycles. The Balaban J connectivity index is 1.33. The van der Waals surface area contributed by atoms with Crippen LogP contribution in [0.4, 0.5) is 5.69 Å². The summed E-state index contributed by atoms with van der Waals surface area (Å²) in [5, 5.41) is 18.0. The molecule has 5 heteroatoms. The quantitative estimate of drug-likeness (QED) is 0.841. The molecule has 4 rings (SSSR count). The van der Waals surface area contributed by atoms with Crippen LogP contribution in [0.2, 0.25) is 0 Å². The lowest BCUT2D eigenvalue weighted by Gasteiger charge is -2.38. The fraction of sp³-hybridized carbons (Fsp3) is 0.364. The summed E-state index contributed by atoms with van der Waals surface area (Å²) in [6, 6.07) is 20.1. The van der Waals surface area contributed by atoms with E-state index >= 15 is 0 Å². The molecule has 0 bridgehead atoms. The molecule has 2 heterocycles. The van der Waals surface area contributed by atoms with Crippen LogP contribution in [0.1, 0.15) is 17.5 Å². The van der Waals surface area contributed by atoms with E-state index in [2.05, 4.69) is 21.9 Å². The van der Waals surface area contributed by atoms with Crippen molar-refractivity contribution in [2.24, 2.45) is 5.92 Å². The number of anilines is 1. The van der Waals surface area contributed by atoms with E-state index in [1.807, 2.05) is 36.4 Å². The van der Waals surface area contributed by atoms with Crippen LogP contribution in [-0.2, 0) is 0 Å². The molecule has 0 radical (unpaired) electrons. The molecule has 2 aliphatic rings. The molecule has 2 aromatic carbocycles. The van der Waals surface area contributed by atoms with Gasteiger partial charge in [0, 0.05) is 43.8 Å². The second kappa shape index (κ2) is 7.70. The Morgan fingerprint density at radius 2 is 1.78 bits per heavy atom. The summed E-state index contributed by atoms with van der Waals surface area (Å²) in [6.07, 6.45) is 1.13. The lowest BCUT2D eigenvalue weighted by Crippen LogP contribution is -2.50. The fourth-order valence-electron chi connectivity index (χ4n) is 4.12. The van der Waals surface area contributed by atoms with Gasteiger partial charge in [0.05, 0.1) is 29.9 Å². The average molecular weight is 358 g/mol. The van der Waals surface area contributed by atoms with E-state index in [1.165, 1.54) is 5.69 Å². The minimum atomic E-state index is 0.515. The van der Waals surface area contributed by atoms with Crippen molar-refractivity contribution in [3.8, 4) is 17.9 Å². The molecule has 0 amide bonds. The number of nitrogens with zero attached hydrogens (tertiary/aromatic N) is 4. The molecule has 27 heavy (non-hydrogen) atoms. The fourth-order valence-corrected chi connectivity index (χ4v) is 4.12. The third kappa shape index (κ3) is 3.89. The molecule has 0 unspecified atom stereocenters. The molecule has 2 atom stereocenters. The van der Waals surface area contributed by atoms with Gasteiger partial charge in [-0.1, -0.05) is 6.07 Å². The Morgan fingerprint density at radius 3 is 2.56 bits per heavy atom. The minimum Gasteiger partial charge on any atom is -0.493 e. The molecule has 0 N–H and O–H groups in total. The van der Waals surface area contributed by atoms with Gasteiger partial charge in [-0.2, -0.15) is 10.5 Å². The number of ether oxygens (including phenoxy) is 1. The smallest absolute Gasteiger partial charge is 0.120 e. The Labute approximate surface area is 160 Å². The van der Waals surface area contributed by atoms with Gasteiger partial charge < -0.3 is 9.64 Å². The number of piperazine rings is 1. The summed E-state index contributed by atoms with van der Waals surface area (Å²) in [7, 11) is 0. The van der Waals surface area contributed by atoms with Crippen LogP contribution < -0.4 is 9.64 Å². The van der Waals surface area contributed by atoms with E-state index in [9.17, 15) is 0 Å². The maximum absolute atomic E-state index is 9.00. The summed E-state index contributed by atoms with van der Waals surface area (Å²) in [5.74, 6) is 1.29. The number of hydrogen-bond acceptors (Lipinski definition) is 5. The van der Waals surface area contributed by atoms with Crippen molar-refractivity contribution < 1.29 is 4.74 Å². The van der Waals surface area contributed by atoms with E-state index in [1.54, 1.807) is 12.1 Å². The largest absolute Gasteiger partial charge is 0.493 e. The van der Waals surface area contributed by atoms with Crippen molar-refractivity contribution in [3.05, 3.63) is 59.7 Å². The van der Waals surface area contributed by atoms with E-state index in [-0.39, 0.29) is 0 Å². The molecule has 0 spiro atoms. The van der Waals surface area contributed by atoms with E-state index in [0.717, 1.165) is 38.3 Å². The zero-order chi connectivity index (χ0) is 18.6. The van der Waals surface area contributed by atoms with Gasteiger partial charge in [-0.15, -0.1) is 0 Å². The van der Waals surface area contributed by atoms with Gasteiger partial charge in [0.25, 0.3) is 0 Å². The summed E-state index contributed by atoms with van der Waals surface area (Å²) in [4.78, 5) is 4.99. The highest BCUT2D eigenvalue weighted by Gasteiger charge is 2.36. The zero-order valence-corrected chi connectivity index (χ0v) is 15.2. The SMILES string of the molecule is N#Cc1ccc(N2CCN3C[C@@H](COc4cccc(C#N)c4)C[C@H]3C2)cc1. The van der Waals surface area contributed by atoms with E-state index in [4.69, 9.17) is 15.3 Å². The Morgan fingerprint density at radius 1 is 0.963 bits per heavy atom. The Bertz CT molecular complexity index is 880. The van der Waals surface area contributed by atoms with Gasteiger partial charge in [-0.25, -0.2) is 0 Å². The summed E-state index contributed by atoms with van der Waals surface area (Å²) < 4.78 is 5.95. The Kier molecular flexibility index (Phi) is 4.96. The first-order valence-corrected chi connectivity index (χ1v) is 9.37. The first-order chi connectivity index (χ1) is 13.2. The lowest BCUT2D eigenvalue weighted by molar-refractivity contribution is 0.217. The van der Waals surface area contributed by atoms with Crippen LogP contribution in [0.3, 0.4) is 0 Å². The van der Waals surface area contributed by atoms with Crippen LogP contribution in [-0.4, -0.2) is 43.7 Å². The zero-order valence-electron chi connectivity index (χ0n) is 15.2. The second-order valence-electron chi connectivity index (χ2n) is 7.31. The van der Waals surface area contributed by atoms with Crippen molar-refractivity contribution in [1.82, 2.24) is 4.90 Å². The van der Waals surface area contributed by atoms with E-state index < -0.39 is 0 Å². The normalized spacial score (nSPS) is 21.9. The molecule has 2 fully saturated rings. The van der Waals surface area contributed by atoms with Gasteiger partial charge in [0.15, 0.2) is 0 Å². The first kappa shape index (κ1) is 17.4. The number of fused-ring (bicyclic) bond motifs is 1. The molecule has 0 saturated carbocycles. The maximum atomic E-state index is 9.00. The van der Waals surface area contributed by atoms with Crippen LogP contribution in [0.15, 0.2) is 48.5 Å². The molecule has 2 aromatic rings. The third-order valence-corrected chi connectivity index (χ3v) is 5.51. The van der Waals surface area contributed by atoms with Gasteiger partial charge in [-0.3, -0.25) is 4.90 Å². The van der Waals surface area contributed by atoms with Crippen molar-refractivity contribution in [3.63, 3.8) is 0 Å². The number of rotatable bonds is 4. The topological polar surface area (TPSA) is 63.3 Å².